The number of esters is 3. The SMILES string of the molecule is Cc1cc(C(=O)OCC2OCC(OC(=O)c3cc(O)c(O)c(O)c3)C(OC(=O)c3cc(O)c(O)c(O)c3)C2O)cc(O)c1O. The molecule has 4 unspecified atom stereocenters. The van der Waals surface area contributed by atoms with Gasteiger partial charge in [0.2, 0.25) is 0 Å². The summed E-state index contributed by atoms with van der Waals surface area (Å²) >= 11 is 0. The number of benzene rings is 3. The van der Waals surface area contributed by atoms with Crippen LogP contribution in [-0.4, -0.2) is 101 Å². The number of hydrogen-bond donors (Lipinski definition) is 9. The second kappa shape index (κ2) is 12.3. The first-order valence-electron chi connectivity index (χ1n) is 12.6. The van der Waals surface area contributed by atoms with Crippen molar-refractivity contribution in [2.24, 2.45) is 0 Å². The van der Waals surface area contributed by atoms with E-state index in [2.05, 4.69) is 0 Å². The third kappa shape index (κ3) is 6.40. The molecule has 0 spiro atoms. The molecule has 1 fully saturated rings. The van der Waals surface area contributed by atoms with Gasteiger partial charge >= 0.3 is 17.9 Å². The Morgan fingerprint density at radius 1 is 0.682 bits per heavy atom. The first kappa shape index (κ1) is 31.3. The zero-order valence-electron chi connectivity index (χ0n) is 22.6. The van der Waals surface area contributed by atoms with E-state index in [-0.39, 0.29) is 11.1 Å². The molecule has 0 saturated carbocycles. The lowest BCUT2D eigenvalue weighted by Crippen LogP contribution is -2.57. The van der Waals surface area contributed by atoms with Gasteiger partial charge in [-0.05, 0) is 48.9 Å². The van der Waals surface area contributed by atoms with Gasteiger partial charge in [-0.2, -0.15) is 0 Å². The fourth-order valence-corrected chi connectivity index (χ4v) is 4.20. The Balaban J connectivity index is 1.56. The highest BCUT2D eigenvalue weighted by Crippen LogP contribution is 2.37. The van der Waals surface area contributed by atoms with Gasteiger partial charge in [0.1, 0.15) is 18.8 Å². The molecule has 9 N–H and O–H groups in total. The molecule has 0 bridgehead atoms. The summed E-state index contributed by atoms with van der Waals surface area (Å²) in [5, 5.41) is 88.6. The molecule has 234 valence electrons. The number of aryl methyl sites for hydroxylation is 1. The van der Waals surface area contributed by atoms with E-state index in [0.29, 0.717) is 0 Å². The van der Waals surface area contributed by atoms with Crippen LogP contribution in [0.5, 0.6) is 46.0 Å². The molecule has 4 atom stereocenters. The highest BCUT2D eigenvalue weighted by Gasteiger charge is 2.45. The molecule has 0 amide bonds. The van der Waals surface area contributed by atoms with Crippen molar-refractivity contribution in [2.45, 2.75) is 31.3 Å². The van der Waals surface area contributed by atoms with Crippen LogP contribution in [0.15, 0.2) is 36.4 Å². The second-order valence-corrected chi connectivity index (χ2v) is 9.66. The Hall–Kier alpha value is -5.61. The summed E-state index contributed by atoms with van der Waals surface area (Å²) in [4.78, 5) is 38.3. The van der Waals surface area contributed by atoms with Crippen LogP contribution >= 0.6 is 0 Å². The van der Waals surface area contributed by atoms with E-state index < -0.39 is 113 Å². The number of ether oxygens (including phenoxy) is 4. The van der Waals surface area contributed by atoms with Crippen molar-refractivity contribution in [1.82, 2.24) is 0 Å². The van der Waals surface area contributed by atoms with Crippen molar-refractivity contribution in [3.63, 3.8) is 0 Å². The molecule has 16 nitrogen and oxygen atoms in total. The minimum Gasteiger partial charge on any atom is -0.504 e. The zero-order valence-corrected chi connectivity index (χ0v) is 22.6. The zero-order chi connectivity index (χ0) is 32.5. The van der Waals surface area contributed by atoms with Crippen molar-refractivity contribution in [2.75, 3.05) is 13.2 Å². The first-order valence-corrected chi connectivity index (χ1v) is 12.6. The normalized spacial score (nSPS) is 19.6. The van der Waals surface area contributed by atoms with Gasteiger partial charge in [-0.15, -0.1) is 0 Å². The maximum atomic E-state index is 12.9. The van der Waals surface area contributed by atoms with Gasteiger partial charge in [0.05, 0.1) is 23.3 Å². The maximum Gasteiger partial charge on any atom is 0.338 e. The van der Waals surface area contributed by atoms with Crippen LogP contribution in [0.4, 0.5) is 0 Å². The topological polar surface area (TPSA) is 270 Å². The van der Waals surface area contributed by atoms with E-state index in [1.807, 2.05) is 0 Å². The third-order valence-corrected chi connectivity index (χ3v) is 6.57. The maximum absolute atomic E-state index is 12.9. The quantitative estimate of drug-likeness (QED) is 0.101. The fraction of sp³-hybridized carbons (Fsp3) is 0.250. The Morgan fingerprint density at radius 3 is 1.59 bits per heavy atom. The fourth-order valence-electron chi connectivity index (χ4n) is 4.20. The molecular formula is C28H26O16. The van der Waals surface area contributed by atoms with E-state index in [1.165, 1.54) is 13.0 Å². The van der Waals surface area contributed by atoms with Crippen LogP contribution in [0.3, 0.4) is 0 Å². The molecule has 0 aliphatic carbocycles. The summed E-state index contributed by atoms with van der Waals surface area (Å²) in [7, 11) is 0. The number of carbonyl (C=O) groups is 3. The summed E-state index contributed by atoms with van der Waals surface area (Å²) in [5.41, 5.74) is -0.913. The molecule has 1 aliphatic rings. The molecule has 1 saturated heterocycles. The predicted octanol–water partition coefficient (Wildman–Crippen LogP) is 1.01. The first-order chi connectivity index (χ1) is 20.7. The van der Waals surface area contributed by atoms with Gasteiger partial charge < -0.3 is 64.9 Å². The van der Waals surface area contributed by atoms with Crippen molar-refractivity contribution < 1.29 is 79.3 Å². The monoisotopic (exact) mass is 618 g/mol. The van der Waals surface area contributed by atoms with E-state index >= 15 is 0 Å². The Morgan fingerprint density at radius 2 is 1.11 bits per heavy atom. The molecule has 0 radical (unpaired) electrons. The number of hydrogen-bond acceptors (Lipinski definition) is 16. The molecule has 0 aromatic heterocycles. The number of rotatable bonds is 7. The average molecular weight is 619 g/mol. The summed E-state index contributed by atoms with van der Waals surface area (Å²) in [6, 6.07) is 5.22. The summed E-state index contributed by atoms with van der Waals surface area (Å²) in [6.07, 6.45) is -6.56. The van der Waals surface area contributed by atoms with Gasteiger partial charge in [-0.3, -0.25) is 0 Å². The number of aliphatic hydroxyl groups excluding tert-OH is 1. The average Bonchev–Trinajstić information content (AvgIpc) is 2.97. The molecule has 4 rings (SSSR count). The van der Waals surface area contributed by atoms with Crippen LogP contribution in [-0.2, 0) is 18.9 Å². The van der Waals surface area contributed by atoms with Crippen molar-refractivity contribution in [1.29, 1.82) is 0 Å². The van der Waals surface area contributed by atoms with Crippen LogP contribution in [0.25, 0.3) is 0 Å². The predicted molar refractivity (Wildman–Crippen MR) is 142 cm³/mol. The number of aliphatic hydroxyl groups is 1. The second-order valence-electron chi connectivity index (χ2n) is 9.66. The van der Waals surface area contributed by atoms with Crippen molar-refractivity contribution >= 4 is 17.9 Å². The summed E-state index contributed by atoms with van der Waals surface area (Å²) in [5.74, 6) is -9.77. The van der Waals surface area contributed by atoms with Crippen LogP contribution in [0.1, 0.15) is 36.6 Å². The largest absolute Gasteiger partial charge is 0.504 e. The van der Waals surface area contributed by atoms with E-state index in [4.69, 9.17) is 18.9 Å². The number of carbonyl (C=O) groups excluding carboxylic acids is 3. The van der Waals surface area contributed by atoms with Gasteiger partial charge in [0.15, 0.2) is 58.2 Å². The lowest BCUT2D eigenvalue weighted by Gasteiger charge is -2.38. The highest BCUT2D eigenvalue weighted by molar-refractivity contribution is 5.92. The van der Waals surface area contributed by atoms with Crippen LogP contribution in [0, 0.1) is 6.92 Å². The lowest BCUT2D eigenvalue weighted by molar-refractivity contribution is -0.196. The minimum absolute atomic E-state index is 0.148. The number of phenolic OH excluding ortho intramolecular Hbond substituents is 8. The Labute approximate surface area is 246 Å². The van der Waals surface area contributed by atoms with Gasteiger partial charge in [-0.1, -0.05) is 0 Å². The molecule has 1 aliphatic heterocycles. The lowest BCUT2D eigenvalue weighted by atomic mass is 9.99. The summed E-state index contributed by atoms with van der Waals surface area (Å²) in [6.45, 7) is 0.217. The van der Waals surface area contributed by atoms with Crippen molar-refractivity contribution in [3.8, 4) is 46.0 Å². The van der Waals surface area contributed by atoms with Gasteiger partial charge in [-0.25, -0.2) is 14.4 Å². The van der Waals surface area contributed by atoms with Gasteiger partial charge in [0, 0.05) is 0 Å². The van der Waals surface area contributed by atoms with Crippen LogP contribution in [0.2, 0.25) is 0 Å². The molecule has 16 heteroatoms. The van der Waals surface area contributed by atoms with Crippen molar-refractivity contribution in [3.05, 3.63) is 58.7 Å². The molecular weight excluding hydrogens is 592 g/mol. The number of aromatic hydroxyl groups is 8. The standard InChI is InChI=1S/C28H26O16/c1-10-2-11(3-14(29)21(10)34)26(38)42-8-19-24(37)25(44-28(40)13-6-17(32)23(36)18(33)7-13)20(9-41-19)43-27(39)12-4-15(30)22(35)16(31)5-12/h2-7,19-20,24-25,29-37H,8-9H2,1H3. The Kier molecular flexibility index (Phi) is 8.77. The number of phenols is 8. The minimum atomic E-state index is -1.85. The van der Waals surface area contributed by atoms with E-state index in [1.54, 1.807) is 0 Å². The smallest absolute Gasteiger partial charge is 0.338 e. The van der Waals surface area contributed by atoms with E-state index in [9.17, 15) is 60.3 Å². The van der Waals surface area contributed by atoms with E-state index in [0.717, 1.165) is 30.3 Å². The third-order valence-electron chi connectivity index (χ3n) is 6.57. The summed E-state index contributed by atoms with van der Waals surface area (Å²) < 4.78 is 21.3. The Bertz CT molecular complexity index is 1550. The molecule has 3 aromatic carbocycles. The molecule has 44 heavy (non-hydrogen) atoms. The highest BCUT2D eigenvalue weighted by atomic mass is 16.6. The van der Waals surface area contributed by atoms with Crippen LogP contribution < -0.4 is 0 Å². The molecule has 3 aromatic rings. The molecule has 1 heterocycles. The van der Waals surface area contributed by atoms with Gasteiger partial charge in [0.25, 0.3) is 0 Å².